The largest absolute Gasteiger partial charge is 0.465 e. The molecule has 0 atom stereocenters. The Labute approximate surface area is 163 Å². The number of benzene rings is 1. The summed E-state index contributed by atoms with van der Waals surface area (Å²) in [5.74, 6) is -0.179. The Kier molecular flexibility index (Phi) is 7.04. The molecule has 4 nitrogen and oxygen atoms in total. The number of carbonyl (C=O) groups is 2. The minimum Gasteiger partial charge on any atom is -0.465 e. The summed E-state index contributed by atoms with van der Waals surface area (Å²) < 4.78 is 6.20. The van der Waals surface area contributed by atoms with Crippen molar-refractivity contribution in [2.75, 3.05) is 13.1 Å². The molecule has 148 valence electrons. The Morgan fingerprint density at radius 2 is 1.63 bits per heavy atom. The highest BCUT2D eigenvalue weighted by atomic mass is 28.3. The molecule has 0 bridgehead atoms. The number of fused-ring (bicyclic) bond motifs is 1. The summed E-state index contributed by atoms with van der Waals surface area (Å²) in [6.45, 7) is 13.8. The van der Waals surface area contributed by atoms with Gasteiger partial charge in [-0.2, -0.15) is 0 Å². The SMILES string of the molecule is CCCCN(CCCC)C(=O)c1c(C(C)=O)ccc2cc([Si](C)(C)C)oc12. The molecule has 0 aliphatic heterocycles. The average molecular weight is 388 g/mol. The van der Waals surface area contributed by atoms with Crippen molar-refractivity contribution in [1.29, 1.82) is 0 Å². The van der Waals surface area contributed by atoms with Crippen molar-refractivity contribution >= 4 is 36.1 Å². The van der Waals surface area contributed by atoms with Crippen molar-refractivity contribution < 1.29 is 14.0 Å². The number of ketones is 1. The van der Waals surface area contributed by atoms with Gasteiger partial charge in [0.1, 0.15) is 13.7 Å². The van der Waals surface area contributed by atoms with Gasteiger partial charge in [-0.05, 0) is 31.9 Å². The summed E-state index contributed by atoms with van der Waals surface area (Å²) in [4.78, 5) is 27.6. The second-order valence-corrected chi connectivity index (χ2v) is 13.3. The Bertz CT molecular complexity index is 809. The van der Waals surface area contributed by atoms with E-state index in [4.69, 9.17) is 4.42 Å². The van der Waals surface area contributed by atoms with Crippen LogP contribution < -0.4 is 5.38 Å². The molecule has 1 amide bonds. The van der Waals surface area contributed by atoms with Gasteiger partial charge in [-0.25, -0.2) is 0 Å². The fourth-order valence-electron chi connectivity index (χ4n) is 3.15. The fraction of sp³-hybridized carbons (Fsp3) is 0.545. The summed E-state index contributed by atoms with van der Waals surface area (Å²) in [6.07, 6.45) is 3.97. The topological polar surface area (TPSA) is 50.5 Å². The van der Waals surface area contributed by atoms with Gasteiger partial charge in [-0.1, -0.05) is 52.4 Å². The van der Waals surface area contributed by atoms with Gasteiger partial charge in [-0.3, -0.25) is 9.59 Å². The Hall–Kier alpha value is -1.88. The van der Waals surface area contributed by atoms with Crippen LogP contribution in [0.1, 0.15) is 67.2 Å². The van der Waals surface area contributed by atoms with Gasteiger partial charge in [0.25, 0.3) is 5.91 Å². The van der Waals surface area contributed by atoms with Crippen LogP contribution in [-0.4, -0.2) is 37.8 Å². The molecule has 0 radical (unpaired) electrons. The number of hydrogen-bond donors (Lipinski definition) is 0. The molecule has 2 rings (SSSR count). The molecule has 0 fully saturated rings. The Balaban J connectivity index is 2.60. The second-order valence-electron chi connectivity index (χ2n) is 8.32. The molecule has 0 saturated heterocycles. The lowest BCUT2D eigenvalue weighted by Crippen LogP contribution is -2.36. The van der Waals surface area contributed by atoms with Gasteiger partial charge in [0, 0.05) is 24.0 Å². The number of amides is 1. The minimum absolute atomic E-state index is 0.0795. The van der Waals surface area contributed by atoms with E-state index in [1.165, 1.54) is 6.92 Å². The zero-order valence-electron chi connectivity index (χ0n) is 17.6. The first-order valence-corrected chi connectivity index (χ1v) is 13.6. The molecule has 27 heavy (non-hydrogen) atoms. The van der Waals surface area contributed by atoms with Gasteiger partial charge < -0.3 is 9.32 Å². The molecule has 0 aliphatic rings. The first-order valence-electron chi connectivity index (χ1n) is 10.1. The van der Waals surface area contributed by atoms with Crippen LogP contribution in [0.5, 0.6) is 0 Å². The van der Waals surface area contributed by atoms with Crippen LogP contribution in [0.2, 0.25) is 19.6 Å². The predicted molar refractivity (Wildman–Crippen MR) is 115 cm³/mol. The maximum Gasteiger partial charge on any atom is 0.258 e. The molecule has 0 N–H and O–H groups in total. The minimum atomic E-state index is -1.66. The normalized spacial score (nSPS) is 11.8. The zero-order valence-corrected chi connectivity index (χ0v) is 18.6. The zero-order chi connectivity index (χ0) is 20.2. The molecule has 0 aliphatic carbocycles. The quantitative estimate of drug-likeness (QED) is 0.438. The number of Topliss-reactive ketones (excluding diaryl/α,β-unsaturated/α-hetero) is 1. The van der Waals surface area contributed by atoms with Crippen molar-refractivity contribution in [3.8, 4) is 0 Å². The van der Waals surface area contributed by atoms with Crippen LogP contribution in [-0.2, 0) is 0 Å². The lowest BCUT2D eigenvalue weighted by atomic mass is 10.00. The van der Waals surface area contributed by atoms with Crippen LogP contribution in [0.3, 0.4) is 0 Å². The number of rotatable bonds is 9. The van der Waals surface area contributed by atoms with Crippen molar-refractivity contribution in [3.05, 3.63) is 29.3 Å². The van der Waals surface area contributed by atoms with Gasteiger partial charge in [0.05, 0.1) is 10.9 Å². The number of furan rings is 1. The van der Waals surface area contributed by atoms with Crippen LogP contribution in [0.25, 0.3) is 11.0 Å². The molecular formula is C22H33NO3Si. The molecule has 0 spiro atoms. The van der Waals surface area contributed by atoms with E-state index >= 15 is 0 Å². The Morgan fingerprint density at radius 3 is 2.11 bits per heavy atom. The number of unbranched alkanes of at least 4 members (excludes halogenated alkanes) is 2. The molecular weight excluding hydrogens is 354 g/mol. The lowest BCUT2D eigenvalue weighted by Gasteiger charge is -2.23. The Morgan fingerprint density at radius 1 is 1.04 bits per heavy atom. The van der Waals surface area contributed by atoms with Gasteiger partial charge in [0.15, 0.2) is 5.78 Å². The summed E-state index contributed by atoms with van der Waals surface area (Å²) in [5.41, 5.74) is 1.47. The monoisotopic (exact) mass is 387 g/mol. The van der Waals surface area contributed by atoms with E-state index < -0.39 is 8.07 Å². The highest BCUT2D eigenvalue weighted by Crippen LogP contribution is 2.26. The van der Waals surface area contributed by atoms with Crippen LogP contribution >= 0.6 is 0 Å². The van der Waals surface area contributed by atoms with E-state index in [0.29, 0.717) is 29.8 Å². The predicted octanol–water partition coefficient (Wildman–Crippen LogP) is 5.22. The smallest absolute Gasteiger partial charge is 0.258 e. The van der Waals surface area contributed by atoms with E-state index in [-0.39, 0.29) is 11.7 Å². The first-order chi connectivity index (χ1) is 12.7. The van der Waals surface area contributed by atoms with Gasteiger partial charge in [-0.15, -0.1) is 0 Å². The van der Waals surface area contributed by atoms with Crippen molar-refractivity contribution in [2.24, 2.45) is 0 Å². The van der Waals surface area contributed by atoms with Crippen molar-refractivity contribution in [2.45, 2.75) is 66.1 Å². The third kappa shape index (κ3) is 4.89. The standard InChI is InChI=1S/C22H33NO3Si/c1-7-9-13-23(14-10-8-2)22(25)20-18(16(3)24)12-11-17-15-19(26-21(17)20)27(4,5)6/h11-12,15H,7-10,13-14H2,1-6H3. The van der Waals surface area contributed by atoms with Crippen LogP contribution in [0.15, 0.2) is 22.6 Å². The molecule has 2 aromatic rings. The summed E-state index contributed by atoms with van der Waals surface area (Å²) >= 11 is 0. The van der Waals surface area contributed by atoms with Crippen molar-refractivity contribution in [1.82, 2.24) is 4.90 Å². The van der Waals surface area contributed by atoms with Gasteiger partial charge in [0.2, 0.25) is 0 Å². The maximum absolute atomic E-state index is 13.5. The highest BCUT2D eigenvalue weighted by Gasteiger charge is 2.28. The lowest BCUT2D eigenvalue weighted by molar-refractivity contribution is 0.0747. The number of hydrogen-bond acceptors (Lipinski definition) is 3. The summed E-state index contributed by atoms with van der Waals surface area (Å²) in [6, 6.07) is 5.72. The van der Waals surface area contributed by atoms with E-state index in [1.54, 1.807) is 6.07 Å². The molecule has 1 aromatic carbocycles. The van der Waals surface area contributed by atoms with Crippen molar-refractivity contribution in [3.63, 3.8) is 0 Å². The second kappa shape index (κ2) is 8.87. The van der Waals surface area contributed by atoms with E-state index in [0.717, 1.165) is 36.5 Å². The molecule has 0 saturated carbocycles. The number of nitrogens with zero attached hydrogens (tertiary/aromatic N) is 1. The highest BCUT2D eigenvalue weighted by molar-refractivity contribution is 6.87. The maximum atomic E-state index is 13.5. The van der Waals surface area contributed by atoms with E-state index in [1.807, 2.05) is 17.0 Å². The molecule has 0 unspecified atom stereocenters. The molecule has 1 heterocycles. The van der Waals surface area contributed by atoms with E-state index in [9.17, 15) is 9.59 Å². The first kappa shape index (κ1) is 21.4. The summed E-state index contributed by atoms with van der Waals surface area (Å²) in [7, 11) is -1.66. The molecule has 5 heteroatoms. The third-order valence-corrected chi connectivity index (χ3v) is 6.59. The van der Waals surface area contributed by atoms with Gasteiger partial charge >= 0.3 is 0 Å². The third-order valence-electron chi connectivity index (χ3n) is 4.87. The molecule has 1 aromatic heterocycles. The summed E-state index contributed by atoms with van der Waals surface area (Å²) in [5, 5.41) is 1.87. The number of carbonyl (C=O) groups excluding carboxylic acids is 2. The van der Waals surface area contributed by atoms with E-state index in [2.05, 4.69) is 33.5 Å². The van der Waals surface area contributed by atoms with Crippen LogP contribution in [0.4, 0.5) is 0 Å². The fourth-order valence-corrected chi connectivity index (χ4v) is 4.15. The van der Waals surface area contributed by atoms with Crippen LogP contribution in [0, 0.1) is 0 Å². The average Bonchev–Trinajstić information content (AvgIpc) is 3.05.